The molecule has 3 heteroatoms. The molecule has 33 heavy (non-hydrogen) atoms. The van der Waals surface area contributed by atoms with E-state index in [9.17, 15) is 5.11 Å². The molecule has 6 rings (SSSR count). The molecule has 2 saturated heterocycles. The van der Waals surface area contributed by atoms with E-state index in [1.165, 1.54) is 103 Å². The summed E-state index contributed by atoms with van der Waals surface area (Å²) in [6.07, 6.45) is 17.9. The molecule has 3 nitrogen and oxygen atoms in total. The van der Waals surface area contributed by atoms with E-state index in [4.69, 9.17) is 0 Å². The molecule has 2 aliphatic heterocycles. The monoisotopic (exact) mass is 456 g/mol. The zero-order valence-electron chi connectivity index (χ0n) is 22.0. The Morgan fingerprint density at radius 1 is 0.697 bits per heavy atom. The van der Waals surface area contributed by atoms with Crippen LogP contribution < -0.4 is 0 Å². The van der Waals surface area contributed by atoms with Gasteiger partial charge in [0.2, 0.25) is 0 Å². The van der Waals surface area contributed by atoms with Gasteiger partial charge in [-0.05, 0) is 137 Å². The lowest BCUT2D eigenvalue weighted by molar-refractivity contribution is -0.149. The summed E-state index contributed by atoms with van der Waals surface area (Å²) in [7, 11) is 0. The van der Waals surface area contributed by atoms with Crippen molar-refractivity contribution in [1.29, 1.82) is 0 Å². The largest absolute Gasteiger partial charge is 0.391 e. The van der Waals surface area contributed by atoms with Crippen LogP contribution in [0.25, 0.3) is 0 Å². The average molecular weight is 457 g/mol. The third-order valence-corrected chi connectivity index (χ3v) is 13.0. The Labute approximate surface area is 204 Å². The molecule has 0 spiro atoms. The first-order valence-electron chi connectivity index (χ1n) is 15.1. The van der Waals surface area contributed by atoms with Crippen LogP contribution >= 0.6 is 0 Å². The van der Waals surface area contributed by atoms with Crippen LogP contribution in [0.4, 0.5) is 0 Å². The number of piperidine rings is 2. The highest BCUT2D eigenvalue weighted by Gasteiger charge is 2.62. The second-order valence-electron chi connectivity index (χ2n) is 14.1. The molecule has 4 aliphatic carbocycles. The molecule has 0 aromatic carbocycles. The van der Waals surface area contributed by atoms with E-state index in [0.29, 0.717) is 16.9 Å². The molecule has 1 N–H and O–H groups in total. The van der Waals surface area contributed by atoms with E-state index >= 15 is 0 Å². The Kier molecular flexibility index (Phi) is 6.19. The van der Waals surface area contributed by atoms with Gasteiger partial charge in [0, 0.05) is 12.1 Å². The molecular formula is C30H52N2O. The average Bonchev–Trinajstić information content (AvgIpc) is 3.11. The second-order valence-corrected chi connectivity index (χ2v) is 14.1. The van der Waals surface area contributed by atoms with E-state index < -0.39 is 0 Å². The number of aliphatic hydroxyl groups is 1. The fourth-order valence-corrected chi connectivity index (χ4v) is 10.9. The Bertz CT molecular complexity index is 699. The van der Waals surface area contributed by atoms with Gasteiger partial charge in [-0.25, -0.2) is 0 Å². The van der Waals surface area contributed by atoms with Crippen LogP contribution in [0, 0.1) is 40.4 Å². The molecule has 10 atom stereocenters. The van der Waals surface area contributed by atoms with Gasteiger partial charge in [0.15, 0.2) is 0 Å². The van der Waals surface area contributed by atoms with Gasteiger partial charge in [0.1, 0.15) is 0 Å². The van der Waals surface area contributed by atoms with Gasteiger partial charge >= 0.3 is 0 Å². The summed E-state index contributed by atoms with van der Waals surface area (Å²) >= 11 is 0. The van der Waals surface area contributed by atoms with Gasteiger partial charge in [-0.1, -0.05) is 33.6 Å². The van der Waals surface area contributed by atoms with Crippen molar-refractivity contribution in [2.45, 2.75) is 122 Å². The van der Waals surface area contributed by atoms with Crippen LogP contribution in [0.1, 0.15) is 104 Å². The highest BCUT2D eigenvalue weighted by molar-refractivity contribution is 5.13. The van der Waals surface area contributed by atoms with Crippen molar-refractivity contribution >= 4 is 0 Å². The first-order chi connectivity index (χ1) is 15.9. The predicted octanol–water partition coefficient (Wildman–Crippen LogP) is 5.95. The van der Waals surface area contributed by atoms with Gasteiger partial charge < -0.3 is 10.0 Å². The Balaban J connectivity index is 1.24. The number of rotatable bonds is 2. The third-order valence-electron chi connectivity index (χ3n) is 13.0. The van der Waals surface area contributed by atoms with Crippen molar-refractivity contribution in [3.63, 3.8) is 0 Å². The van der Waals surface area contributed by atoms with E-state index in [1.807, 2.05) is 0 Å². The minimum absolute atomic E-state index is 0.0819. The SMILES string of the molecule is CC1[C@@H](N2CCCCC2)CC2C3CC[C@H]4C[C@H](O)[C@@H](N5CCCCC5)C[C@]4(C)C3CC[C@@]21C. The quantitative estimate of drug-likeness (QED) is 0.556. The fourth-order valence-electron chi connectivity index (χ4n) is 10.9. The summed E-state index contributed by atoms with van der Waals surface area (Å²) in [4.78, 5) is 5.62. The Morgan fingerprint density at radius 3 is 2.00 bits per heavy atom. The van der Waals surface area contributed by atoms with Gasteiger partial charge in [0.25, 0.3) is 0 Å². The molecule has 188 valence electrons. The maximum absolute atomic E-state index is 11.2. The first-order valence-corrected chi connectivity index (χ1v) is 15.1. The Morgan fingerprint density at radius 2 is 1.33 bits per heavy atom. The lowest BCUT2D eigenvalue weighted by Crippen LogP contribution is -2.60. The van der Waals surface area contributed by atoms with Crippen LogP contribution in [-0.2, 0) is 0 Å². The second kappa shape index (κ2) is 8.77. The first kappa shape index (κ1) is 23.3. The van der Waals surface area contributed by atoms with Gasteiger partial charge in [0.05, 0.1) is 6.10 Å². The molecule has 4 saturated carbocycles. The molecule has 0 amide bonds. The van der Waals surface area contributed by atoms with Crippen molar-refractivity contribution in [3.8, 4) is 0 Å². The smallest absolute Gasteiger partial charge is 0.0698 e. The van der Waals surface area contributed by atoms with E-state index in [1.54, 1.807) is 0 Å². The van der Waals surface area contributed by atoms with Gasteiger partial charge in [-0.2, -0.15) is 0 Å². The van der Waals surface area contributed by atoms with Crippen LogP contribution in [0.3, 0.4) is 0 Å². The Hall–Kier alpha value is -0.120. The van der Waals surface area contributed by atoms with E-state index in [0.717, 1.165) is 42.1 Å². The van der Waals surface area contributed by atoms with Crippen molar-refractivity contribution in [2.24, 2.45) is 40.4 Å². The molecular weight excluding hydrogens is 404 g/mol. The number of nitrogens with zero attached hydrogens (tertiary/aromatic N) is 2. The number of hydrogen-bond donors (Lipinski definition) is 1. The highest BCUT2D eigenvalue weighted by atomic mass is 16.3. The minimum atomic E-state index is -0.0819. The lowest BCUT2D eigenvalue weighted by Gasteiger charge is -2.62. The van der Waals surface area contributed by atoms with Gasteiger partial charge in [-0.15, -0.1) is 0 Å². The van der Waals surface area contributed by atoms with Crippen LogP contribution in [0.2, 0.25) is 0 Å². The van der Waals surface area contributed by atoms with Crippen LogP contribution in [0.5, 0.6) is 0 Å². The molecule has 0 aromatic rings. The summed E-state index contributed by atoms with van der Waals surface area (Å²) in [5, 5.41) is 11.2. The van der Waals surface area contributed by atoms with E-state index in [2.05, 4.69) is 30.6 Å². The summed E-state index contributed by atoms with van der Waals surface area (Å²) < 4.78 is 0. The number of hydrogen-bond acceptors (Lipinski definition) is 3. The summed E-state index contributed by atoms with van der Waals surface area (Å²) in [5.74, 6) is 4.41. The molecule has 2 heterocycles. The summed E-state index contributed by atoms with van der Waals surface area (Å²) in [6, 6.07) is 1.28. The standard InChI is InChI=1S/C30H52N2O/c1-21-26(31-14-6-4-7-15-31)19-25-23-11-10-22-18-28(33)27(32-16-8-5-9-17-32)20-30(22,3)24(23)12-13-29(21,25)2/h21-28,33H,4-20H2,1-3H3/t21?,22-,23?,24?,25?,26-,27-,28-,29+,30-/m0/s1. The maximum atomic E-state index is 11.2. The molecule has 0 bridgehead atoms. The molecule has 6 fully saturated rings. The van der Waals surface area contributed by atoms with E-state index in [-0.39, 0.29) is 6.10 Å². The fraction of sp³-hybridized carbons (Fsp3) is 1.00. The van der Waals surface area contributed by atoms with Crippen molar-refractivity contribution in [2.75, 3.05) is 26.2 Å². The molecule has 4 unspecified atom stereocenters. The van der Waals surface area contributed by atoms with Crippen molar-refractivity contribution < 1.29 is 5.11 Å². The topological polar surface area (TPSA) is 26.7 Å². The number of fused-ring (bicyclic) bond motifs is 5. The van der Waals surface area contributed by atoms with Crippen LogP contribution in [0.15, 0.2) is 0 Å². The summed E-state index contributed by atoms with van der Waals surface area (Å²) in [6.45, 7) is 13.2. The number of likely N-dealkylation sites (tertiary alicyclic amines) is 2. The lowest BCUT2D eigenvalue weighted by atomic mass is 9.44. The van der Waals surface area contributed by atoms with Gasteiger partial charge in [-0.3, -0.25) is 4.90 Å². The zero-order chi connectivity index (χ0) is 22.8. The summed E-state index contributed by atoms with van der Waals surface area (Å²) in [5.41, 5.74) is 1.02. The molecule has 0 radical (unpaired) electrons. The van der Waals surface area contributed by atoms with Crippen molar-refractivity contribution in [1.82, 2.24) is 9.80 Å². The van der Waals surface area contributed by atoms with Crippen molar-refractivity contribution in [3.05, 3.63) is 0 Å². The number of aliphatic hydroxyl groups excluding tert-OH is 1. The minimum Gasteiger partial charge on any atom is -0.391 e. The normalized spacial score (nSPS) is 53.8. The predicted molar refractivity (Wildman–Crippen MR) is 136 cm³/mol. The third kappa shape index (κ3) is 3.69. The molecule has 0 aromatic heterocycles. The zero-order valence-corrected chi connectivity index (χ0v) is 22.0. The molecule has 6 aliphatic rings. The van der Waals surface area contributed by atoms with Crippen LogP contribution in [-0.4, -0.2) is 59.3 Å². The maximum Gasteiger partial charge on any atom is 0.0698 e. The highest BCUT2D eigenvalue weighted by Crippen LogP contribution is 2.68.